The van der Waals surface area contributed by atoms with Gasteiger partial charge in [0.15, 0.2) is 0 Å². The quantitative estimate of drug-likeness (QED) is 0.827. The van der Waals surface area contributed by atoms with Crippen molar-refractivity contribution >= 4 is 29.2 Å². The molecule has 7 heteroatoms. The average molecular weight is 382 g/mol. The van der Waals surface area contributed by atoms with Crippen LogP contribution in [0.4, 0.5) is 11.4 Å². The first-order valence-corrected chi connectivity index (χ1v) is 9.02. The lowest BCUT2D eigenvalue weighted by molar-refractivity contribution is -0.116. The van der Waals surface area contributed by atoms with Gasteiger partial charge in [0.2, 0.25) is 5.91 Å². The van der Waals surface area contributed by atoms with Crippen LogP contribution in [0.1, 0.15) is 47.1 Å². The van der Waals surface area contributed by atoms with Crippen molar-refractivity contribution in [3.8, 4) is 5.75 Å². The predicted molar refractivity (Wildman–Crippen MR) is 105 cm³/mol. The van der Waals surface area contributed by atoms with Gasteiger partial charge in [-0.3, -0.25) is 9.59 Å². The number of hydrogen-bond donors (Lipinski definition) is 2. The van der Waals surface area contributed by atoms with Gasteiger partial charge in [-0.25, -0.2) is 4.79 Å². The molecule has 1 aliphatic rings. The second-order valence-corrected chi connectivity index (χ2v) is 6.90. The largest absolute Gasteiger partial charge is 0.489 e. The maximum atomic E-state index is 12.8. The van der Waals surface area contributed by atoms with Crippen molar-refractivity contribution in [2.24, 2.45) is 0 Å². The molecule has 0 atom stereocenters. The second kappa shape index (κ2) is 7.72. The molecule has 2 amide bonds. The zero-order valence-electron chi connectivity index (χ0n) is 16.0. The Labute approximate surface area is 162 Å². The Kier molecular flexibility index (Phi) is 5.35. The molecule has 2 aromatic rings. The third-order valence-corrected chi connectivity index (χ3v) is 4.45. The Hall–Kier alpha value is -3.35. The molecule has 0 saturated carbocycles. The highest BCUT2D eigenvalue weighted by Gasteiger charge is 2.23. The van der Waals surface area contributed by atoms with E-state index in [9.17, 15) is 19.5 Å². The number of anilines is 2. The van der Waals surface area contributed by atoms with E-state index in [1.807, 2.05) is 13.8 Å². The molecule has 7 nitrogen and oxygen atoms in total. The summed E-state index contributed by atoms with van der Waals surface area (Å²) in [6.45, 7) is 5.81. The minimum absolute atomic E-state index is 0.0306. The number of carbonyl (C=O) groups excluding carboxylic acids is 2. The molecule has 0 aliphatic carbocycles. The molecule has 2 N–H and O–H groups in total. The Morgan fingerprint density at radius 3 is 2.46 bits per heavy atom. The summed E-state index contributed by atoms with van der Waals surface area (Å²) in [6, 6.07) is 9.52. The summed E-state index contributed by atoms with van der Waals surface area (Å²) in [4.78, 5) is 37.4. The summed E-state index contributed by atoms with van der Waals surface area (Å²) >= 11 is 0. The SMILES string of the molecule is CC(=O)N1CCc2cc(C(=O)Nc3cc(C(=O)O)ccc3OC(C)C)ccc21. The smallest absolute Gasteiger partial charge is 0.335 e. The zero-order chi connectivity index (χ0) is 20.4. The molecule has 2 aromatic carbocycles. The fourth-order valence-electron chi connectivity index (χ4n) is 3.18. The fourth-order valence-corrected chi connectivity index (χ4v) is 3.18. The first-order chi connectivity index (χ1) is 13.3. The molecule has 0 bridgehead atoms. The number of hydrogen-bond acceptors (Lipinski definition) is 4. The molecule has 0 fully saturated rings. The number of fused-ring (bicyclic) bond motifs is 1. The van der Waals surface area contributed by atoms with Crippen molar-refractivity contribution in [1.29, 1.82) is 0 Å². The summed E-state index contributed by atoms with van der Waals surface area (Å²) in [5.41, 5.74) is 2.53. The molecule has 1 heterocycles. The van der Waals surface area contributed by atoms with E-state index in [0.29, 0.717) is 30.0 Å². The van der Waals surface area contributed by atoms with Crippen LogP contribution in [-0.2, 0) is 11.2 Å². The normalized spacial score (nSPS) is 12.6. The molecule has 0 spiro atoms. The number of nitrogens with one attached hydrogen (secondary N) is 1. The average Bonchev–Trinajstić information content (AvgIpc) is 3.05. The fraction of sp³-hybridized carbons (Fsp3) is 0.286. The third kappa shape index (κ3) is 3.98. The van der Waals surface area contributed by atoms with E-state index in [1.54, 1.807) is 23.1 Å². The Morgan fingerprint density at radius 2 is 1.82 bits per heavy atom. The molecule has 0 unspecified atom stereocenters. The van der Waals surface area contributed by atoms with Gasteiger partial charge in [-0.15, -0.1) is 0 Å². The number of aromatic carboxylic acids is 1. The number of carbonyl (C=O) groups is 3. The van der Waals surface area contributed by atoms with Gasteiger partial charge in [0, 0.05) is 24.7 Å². The molecule has 146 valence electrons. The standard InChI is InChI=1S/C21H22N2O5/c1-12(2)28-19-7-5-16(21(26)27)11-17(19)22-20(25)15-4-6-18-14(10-15)8-9-23(18)13(3)24/h4-7,10-12H,8-9H2,1-3H3,(H,22,25)(H,26,27). The summed E-state index contributed by atoms with van der Waals surface area (Å²) in [6.07, 6.45) is 0.551. The van der Waals surface area contributed by atoms with Crippen LogP contribution in [0.2, 0.25) is 0 Å². The predicted octanol–water partition coefficient (Wildman–Crippen LogP) is 3.33. The van der Waals surface area contributed by atoms with Gasteiger partial charge in [-0.2, -0.15) is 0 Å². The van der Waals surface area contributed by atoms with E-state index in [1.165, 1.54) is 25.1 Å². The summed E-state index contributed by atoms with van der Waals surface area (Å²) in [7, 11) is 0. The molecule has 0 saturated heterocycles. The van der Waals surface area contributed by atoms with E-state index < -0.39 is 5.97 Å². The second-order valence-electron chi connectivity index (χ2n) is 6.90. The maximum absolute atomic E-state index is 12.8. The molecule has 1 aliphatic heterocycles. The van der Waals surface area contributed by atoms with E-state index in [-0.39, 0.29) is 23.5 Å². The minimum atomic E-state index is -1.09. The van der Waals surface area contributed by atoms with Crippen molar-refractivity contribution in [3.63, 3.8) is 0 Å². The van der Waals surface area contributed by atoms with Crippen LogP contribution in [0.3, 0.4) is 0 Å². The zero-order valence-corrected chi connectivity index (χ0v) is 16.0. The Balaban J connectivity index is 1.88. The van der Waals surface area contributed by atoms with Crippen molar-refractivity contribution in [2.75, 3.05) is 16.8 Å². The highest BCUT2D eigenvalue weighted by molar-refractivity contribution is 6.06. The van der Waals surface area contributed by atoms with E-state index in [0.717, 1.165) is 11.3 Å². The number of rotatable bonds is 5. The summed E-state index contributed by atoms with van der Waals surface area (Å²) in [5, 5.41) is 12.0. The van der Waals surface area contributed by atoms with Gasteiger partial charge in [0.05, 0.1) is 17.4 Å². The van der Waals surface area contributed by atoms with Gasteiger partial charge >= 0.3 is 5.97 Å². The lowest BCUT2D eigenvalue weighted by Crippen LogP contribution is -2.25. The van der Waals surface area contributed by atoms with Crippen molar-refractivity contribution < 1.29 is 24.2 Å². The molecule has 0 aromatic heterocycles. The van der Waals surface area contributed by atoms with Crippen LogP contribution in [0.5, 0.6) is 5.75 Å². The third-order valence-electron chi connectivity index (χ3n) is 4.45. The van der Waals surface area contributed by atoms with Crippen molar-refractivity contribution in [1.82, 2.24) is 0 Å². The minimum Gasteiger partial charge on any atom is -0.489 e. The van der Waals surface area contributed by atoms with Gasteiger partial charge in [0.1, 0.15) is 5.75 Å². The van der Waals surface area contributed by atoms with Gasteiger partial charge in [-0.1, -0.05) is 0 Å². The van der Waals surface area contributed by atoms with Crippen molar-refractivity contribution in [2.45, 2.75) is 33.3 Å². The van der Waals surface area contributed by atoms with Crippen LogP contribution in [0, 0.1) is 0 Å². The van der Waals surface area contributed by atoms with Crippen LogP contribution < -0.4 is 15.0 Å². The lowest BCUT2D eigenvalue weighted by atomic mass is 10.1. The monoisotopic (exact) mass is 382 g/mol. The Morgan fingerprint density at radius 1 is 1.11 bits per heavy atom. The van der Waals surface area contributed by atoms with Gasteiger partial charge < -0.3 is 20.1 Å². The van der Waals surface area contributed by atoms with Crippen LogP contribution in [0.15, 0.2) is 36.4 Å². The van der Waals surface area contributed by atoms with Gasteiger partial charge in [-0.05, 0) is 62.2 Å². The molecular weight excluding hydrogens is 360 g/mol. The lowest BCUT2D eigenvalue weighted by Gasteiger charge is -2.16. The van der Waals surface area contributed by atoms with E-state index in [2.05, 4.69) is 5.32 Å². The first kappa shape index (κ1) is 19.4. The van der Waals surface area contributed by atoms with Gasteiger partial charge in [0.25, 0.3) is 5.91 Å². The number of ether oxygens (including phenoxy) is 1. The van der Waals surface area contributed by atoms with Crippen LogP contribution in [0.25, 0.3) is 0 Å². The van der Waals surface area contributed by atoms with Crippen LogP contribution >= 0.6 is 0 Å². The molecule has 28 heavy (non-hydrogen) atoms. The number of amides is 2. The number of benzene rings is 2. The summed E-state index contributed by atoms with van der Waals surface area (Å²) < 4.78 is 5.68. The molecule has 0 radical (unpaired) electrons. The van der Waals surface area contributed by atoms with Crippen molar-refractivity contribution in [3.05, 3.63) is 53.1 Å². The van der Waals surface area contributed by atoms with E-state index >= 15 is 0 Å². The highest BCUT2D eigenvalue weighted by Crippen LogP contribution is 2.31. The summed E-state index contributed by atoms with van der Waals surface area (Å²) in [5.74, 6) is -1.09. The number of carboxylic acids is 1. The van der Waals surface area contributed by atoms with Crippen LogP contribution in [-0.4, -0.2) is 35.5 Å². The first-order valence-electron chi connectivity index (χ1n) is 9.02. The number of carboxylic acid groups (broad SMARTS) is 1. The Bertz CT molecular complexity index is 952. The highest BCUT2D eigenvalue weighted by atomic mass is 16.5. The van der Waals surface area contributed by atoms with E-state index in [4.69, 9.17) is 4.74 Å². The number of nitrogens with zero attached hydrogens (tertiary/aromatic N) is 1. The maximum Gasteiger partial charge on any atom is 0.335 e. The molecule has 3 rings (SSSR count). The molecular formula is C21H22N2O5. The topological polar surface area (TPSA) is 95.9 Å².